The van der Waals surface area contributed by atoms with Crippen molar-refractivity contribution < 1.29 is 23.4 Å². The Balaban J connectivity index is 1.68. The van der Waals surface area contributed by atoms with Crippen molar-refractivity contribution in [3.8, 4) is 28.6 Å². The van der Waals surface area contributed by atoms with Gasteiger partial charge in [0.15, 0.2) is 18.0 Å². The average molecular weight is 500 g/mol. The van der Waals surface area contributed by atoms with Crippen LogP contribution in [0.1, 0.15) is 0 Å². The molecule has 0 aliphatic heterocycles. The summed E-state index contributed by atoms with van der Waals surface area (Å²) in [5, 5.41) is 3.30. The molecule has 7 nitrogen and oxygen atoms in total. The van der Waals surface area contributed by atoms with Crippen molar-refractivity contribution in [2.75, 3.05) is 26.1 Å². The van der Waals surface area contributed by atoms with Crippen molar-refractivity contribution in [1.29, 1.82) is 0 Å². The Morgan fingerprint density at radius 3 is 2.47 bits per heavy atom. The second-order valence-corrected chi connectivity index (χ2v) is 7.97. The molecule has 0 unspecified atom stereocenters. The maximum atomic E-state index is 13.3. The van der Waals surface area contributed by atoms with Crippen molar-refractivity contribution in [2.45, 2.75) is 0 Å². The molecule has 1 N–H and O–H groups in total. The van der Waals surface area contributed by atoms with Gasteiger partial charge in [-0.2, -0.15) is 0 Å². The number of rotatable bonds is 7. The molecule has 0 atom stereocenters. The topological polar surface area (TPSA) is 87.0 Å². The average Bonchev–Trinajstić information content (AvgIpc) is 2.84. The summed E-state index contributed by atoms with van der Waals surface area (Å²) in [4.78, 5) is 25.9. The van der Waals surface area contributed by atoms with E-state index in [-0.39, 0.29) is 32.5 Å². The van der Waals surface area contributed by atoms with Gasteiger partial charge in [-0.1, -0.05) is 53.5 Å². The van der Waals surface area contributed by atoms with Crippen LogP contribution < -0.4 is 25.0 Å². The lowest BCUT2D eigenvalue weighted by atomic mass is 10.1. The second kappa shape index (κ2) is 10.1. The van der Waals surface area contributed by atoms with Crippen LogP contribution in [0, 0.1) is 0 Å². The third-order valence-electron chi connectivity index (χ3n) is 4.94. The van der Waals surface area contributed by atoms with Crippen molar-refractivity contribution in [2.24, 2.45) is 0 Å². The first-order valence-corrected chi connectivity index (χ1v) is 10.8. The molecule has 0 radical (unpaired) electrons. The highest BCUT2D eigenvalue weighted by atomic mass is 35.5. The van der Waals surface area contributed by atoms with Gasteiger partial charge in [-0.25, -0.2) is 0 Å². The van der Waals surface area contributed by atoms with Crippen molar-refractivity contribution in [1.82, 2.24) is 0 Å². The summed E-state index contributed by atoms with van der Waals surface area (Å²) in [6, 6.07) is 16.8. The van der Waals surface area contributed by atoms with Crippen LogP contribution in [0.15, 0.2) is 69.9 Å². The molecule has 1 aromatic heterocycles. The smallest absolute Gasteiger partial charge is 0.262 e. The number of methoxy groups -OCH3 is 2. The fourth-order valence-electron chi connectivity index (χ4n) is 3.34. The van der Waals surface area contributed by atoms with E-state index in [1.54, 1.807) is 42.5 Å². The van der Waals surface area contributed by atoms with Crippen LogP contribution in [0.4, 0.5) is 5.69 Å². The van der Waals surface area contributed by atoms with Crippen LogP contribution in [-0.4, -0.2) is 26.7 Å². The zero-order valence-corrected chi connectivity index (χ0v) is 19.7. The Hall–Kier alpha value is -3.68. The van der Waals surface area contributed by atoms with Crippen LogP contribution in [0.3, 0.4) is 0 Å². The van der Waals surface area contributed by atoms with Gasteiger partial charge in [0.25, 0.3) is 5.91 Å². The van der Waals surface area contributed by atoms with Gasteiger partial charge in [-0.3, -0.25) is 9.59 Å². The summed E-state index contributed by atoms with van der Waals surface area (Å²) in [5.74, 6) is 0.494. The fraction of sp³-hybridized carbons (Fsp3) is 0.120. The molecule has 4 rings (SSSR count). The molecule has 0 spiro atoms. The van der Waals surface area contributed by atoms with Gasteiger partial charge in [0.05, 0.1) is 30.3 Å². The first-order chi connectivity index (χ1) is 16.4. The van der Waals surface area contributed by atoms with Gasteiger partial charge in [0.1, 0.15) is 11.5 Å². The van der Waals surface area contributed by atoms with E-state index in [0.717, 1.165) is 0 Å². The van der Waals surface area contributed by atoms with E-state index in [0.29, 0.717) is 22.7 Å². The molecule has 9 heteroatoms. The molecular formula is C25H19Cl2NO6. The monoisotopic (exact) mass is 499 g/mol. The number of amides is 1. The van der Waals surface area contributed by atoms with Gasteiger partial charge in [-0.15, -0.1) is 0 Å². The summed E-state index contributed by atoms with van der Waals surface area (Å²) >= 11 is 12.4. The molecule has 0 bridgehead atoms. The molecule has 0 aliphatic rings. The van der Waals surface area contributed by atoms with E-state index in [9.17, 15) is 9.59 Å². The normalized spacial score (nSPS) is 10.7. The minimum atomic E-state index is -0.508. The molecule has 0 saturated carbocycles. The van der Waals surface area contributed by atoms with E-state index < -0.39 is 17.9 Å². The molecule has 1 amide bonds. The van der Waals surface area contributed by atoms with Gasteiger partial charge in [0, 0.05) is 16.7 Å². The number of hydrogen-bond donors (Lipinski definition) is 1. The third kappa shape index (κ3) is 4.81. The largest absolute Gasteiger partial charge is 0.497 e. The second-order valence-electron chi connectivity index (χ2n) is 7.12. The van der Waals surface area contributed by atoms with Crippen LogP contribution in [-0.2, 0) is 4.79 Å². The van der Waals surface area contributed by atoms with E-state index >= 15 is 0 Å². The van der Waals surface area contributed by atoms with E-state index in [1.165, 1.54) is 26.4 Å². The molecule has 1 heterocycles. The predicted octanol–water partition coefficient (Wildman–Crippen LogP) is 5.80. The Morgan fingerprint density at radius 1 is 1.00 bits per heavy atom. The molecule has 34 heavy (non-hydrogen) atoms. The number of benzene rings is 3. The number of ether oxygens (including phenoxy) is 3. The Morgan fingerprint density at radius 2 is 1.76 bits per heavy atom. The summed E-state index contributed by atoms with van der Waals surface area (Å²) in [5.41, 5.74) is 0.679. The highest BCUT2D eigenvalue weighted by Crippen LogP contribution is 2.35. The molecule has 3 aromatic carbocycles. The number of hydrogen-bond acceptors (Lipinski definition) is 6. The fourth-order valence-corrected chi connectivity index (χ4v) is 3.88. The standard InChI is InChI=1S/C25H19Cl2NO6/c1-31-16-8-9-19(20(12-16)32-2)28-21(29)13-33-25-22(30)17-10-15(26)11-18(27)24(17)34-23(25)14-6-4-3-5-7-14/h3-12H,13H2,1-2H3,(H,28,29). The van der Waals surface area contributed by atoms with Gasteiger partial charge >= 0.3 is 0 Å². The highest BCUT2D eigenvalue weighted by molar-refractivity contribution is 6.38. The van der Waals surface area contributed by atoms with Gasteiger partial charge < -0.3 is 23.9 Å². The lowest BCUT2D eigenvalue weighted by Crippen LogP contribution is -2.23. The van der Waals surface area contributed by atoms with Crippen molar-refractivity contribution >= 4 is 45.8 Å². The number of fused-ring (bicyclic) bond motifs is 1. The number of carbonyl (C=O) groups excluding carboxylic acids is 1. The molecule has 174 valence electrons. The summed E-state index contributed by atoms with van der Waals surface area (Å²) in [6.45, 7) is -0.459. The van der Waals surface area contributed by atoms with Crippen LogP contribution >= 0.6 is 23.2 Å². The highest BCUT2D eigenvalue weighted by Gasteiger charge is 2.21. The quantitative estimate of drug-likeness (QED) is 0.345. The lowest BCUT2D eigenvalue weighted by molar-refractivity contribution is -0.118. The van der Waals surface area contributed by atoms with Crippen LogP contribution in [0.2, 0.25) is 10.0 Å². The Kier molecular flexibility index (Phi) is 6.95. The zero-order valence-electron chi connectivity index (χ0n) is 18.2. The summed E-state index contributed by atoms with van der Waals surface area (Å²) in [6.07, 6.45) is 0. The summed E-state index contributed by atoms with van der Waals surface area (Å²) in [7, 11) is 3.00. The maximum absolute atomic E-state index is 13.3. The predicted molar refractivity (Wildman–Crippen MR) is 132 cm³/mol. The van der Waals surface area contributed by atoms with E-state index in [4.69, 9.17) is 41.8 Å². The maximum Gasteiger partial charge on any atom is 0.262 e. The molecule has 0 fully saturated rings. The summed E-state index contributed by atoms with van der Waals surface area (Å²) < 4.78 is 22.1. The third-order valence-corrected chi connectivity index (χ3v) is 5.43. The minimum Gasteiger partial charge on any atom is -0.497 e. The lowest BCUT2D eigenvalue weighted by Gasteiger charge is -2.14. The van der Waals surface area contributed by atoms with Crippen molar-refractivity contribution in [3.63, 3.8) is 0 Å². The van der Waals surface area contributed by atoms with Crippen LogP contribution in [0.5, 0.6) is 17.2 Å². The number of anilines is 1. The number of nitrogens with one attached hydrogen (secondary N) is 1. The van der Waals surface area contributed by atoms with E-state index in [1.807, 2.05) is 6.07 Å². The Bertz CT molecular complexity index is 1420. The SMILES string of the molecule is COc1ccc(NC(=O)COc2c(-c3ccccc3)oc3c(Cl)cc(Cl)cc3c2=O)c(OC)c1. The minimum absolute atomic E-state index is 0.131. The molecular weight excluding hydrogens is 481 g/mol. The molecule has 0 saturated heterocycles. The zero-order chi connectivity index (χ0) is 24.2. The number of halogens is 2. The van der Waals surface area contributed by atoms with Crippen LogP contribution in [0.25, 0.3) is 22.3 Å². The Labute approximate surface area is 204 Å². The van der Waals surface area contributed by atoms with Gasteiger partial charge in [-0.05, 0) is 24.3 Å². The first-order valence-electron chi connectivity index (χ1n) is 10.1. The van der Waals surface area contributed by atoms with Gasteiger partial charge in [0.2, 0.25) is 11.2 Å². The number of carbonyl (C=O) groups is 1. The molecule has 0 aliphatic carbocycles. The first kappa shape index (κ1) is 23.5. The molecule has 4 aromatic rings. The van der Waals surface area contributed by atoms with E-state index in [2.05, 4.69) is 5.32 Å². The van der Waals surface area contributed by atoms with Crippen molar-refractivity contribution in [3.05, 3.63) is 80.9 Å².